The highest BCUT2D eigenvalue weighted by molar-refractivity contribution is 7.60. The zero-order chi connectivity index (χ0) is 31.1. The van der Waals surface area contributed by atoms with Crippen molar-refractivity contribution in [1.82, 2.24) is 0 Å². The first-order chi connectivity index (χ1) is 20.0. The minimum absolute atomic E-state index is 0.191. The Hall–Kier alpha value is -1.60. The molecule has 0 aliphatic carbocycles. The topological polar surface area (TPSA) is 27.7 Å². The summed E-state index contributed by atoms with van der Waals surface area (Å²) < 4.78 is 20.3. The van der Waals surface area contributed by atoms with Gasteiger partial charge in [0.15, 0.2) is 12.1 Å². The summed E-state index contributed by atoms with van der Waals surface area (Å²) in [6.45, 7) is 21.4. The SMILES string of the molecule is CC12CC3(C)OC(CC(C)(O1)C3(CP)c1cc(-c3ccccc3)c(-c3ccccc3)cc1CP(C(C)(C)C)C(C)(C)C)O2. The lowest BCUT2D eigenvalue weighted by Crippen LogP contribution is -2.81. The van der Waals surface area contributed by atoms with Gasteiger partial charge in [-0.1, -0.05) is 110 Å². The Labute approximate surface area is 263 Å². The zero-order valence-electron chi connectivity index (χ0n) is 27.6. The maximum Gasteiger partial charge on any atom is 0.172 e. The Balaban J connectivity index is 1.68. The minimum Gasteiger partial charge on any atom is -0.345 e. The first-order valence-corrected chi connectivity index (χ1v) is 18.2. The van der Waals surface area contributed by atoms with Gasteiger partial charge in [-0.25, -0.2) is 0 Å². The van der Waals surface area contributed by atoms with E-state index in [2.05, 4.69) is 144 Å². The fourth-order valence-electron chi connectivity index (χ4n) is 8.99. The van der Waals surface area contributed by atoms with E-state index in [4.69, 9.17) is 14.2 Å². The number of hydrogen-bond donors (Lipinski definition) is 0. The van der Waals surface area contributed by atoms with E-state index in [1.165, 1.54) is 33.4 Å². The molecule has 3 aromatic rings. The molecule has 0 aromatic heterocycles. The van der Waals surface area contributed by atoms with E-state index in [0.29, 0.717) is 6.42 Å². The van der Waals surface area contributed by atoms with E-state index >= 15 is 0 Å². The van der Waals surface area contributed by atoms with Gasteiger partial charge in [0, 0.05) is 12.8 Å². The molecule has 4 fully saturated rings. The Morgan fingerprint density at radius 1 is 0.767 bits per heavy atom. The molecule has 4 aliphatic rings. The summed E-state index contributed by atoms with van der Waals surface area (Å²) in [7, 11) is 2.73. The molecule has 0 N–H and O–H groups in total. The molecule has 0 radical (unpaired) electrons. The molecule has 0 saturated carbocycles. The molecule has 5 heteroatoms. The van der Waals surface area contributed by atoms with Gasteiger partial charge in [0.05, 0.1) is 16.6 Å². The van der Waals surface area contributed by atoms with Crippen LogP contribution in [0.15, 0.2) is 72.8 Å². The molecule has 4 heterocycles. The Kier molecular flexibility index (Phi) is 7.64. The normalized spacial score (nSPS) is 32.0. The first-order valence-electron chi connectivity index (χ1n) is 15.9. The Morgan fingerprint density at radius 2 is 1.30 bits per heavy atom. The molecule has 0 spiro atoms. The van der Waals surface area contributed by atoms with Crippen molar-refractivity contribution in [1.29, 1.82) is 0 Å². The van der Waals surface area contributed by atoms with Crippen LogP contribution in [0.3, 0.4) is 0 Å². The molecule has 4 bridgehead atoms. The summed E-state index contributed by atoms with van der Waals surface area (Å²) in [5, 5.41) is 0.381. The molecule has 6 atom stereocenters. The van der Waals surface area contributed by atoms with Crippen molar-refractivity contribution in [3.8, 4) is 22.3 Å². The smallest absolute Gasteiger partial charge is 0.172 e. The van der Waals surface area contributed by atoms with Crippen molar-refractivity contribution in [2.24, 2.45) is 0 Å². The molecular formula is C38H50O3P2. The lowest BCUT2D eigenvalue weighted by atomic mass is 9.52. The van der Waals surface area contributed by atoms with Crippen molar-refractivity contribution >= 4 is 17.2 Å². The average molecular weight is 617 g/mol. The van der Waals surface area contributed by atoms with Crippen LogP contribution in [0.2, 0.25) is 0 Å². The van der Waals surface area contributed by atoms with Crippen molar-refractivity contribution in [2.75, 3.05) is 6.16 Å². The summed E-state index contributed by atoms with van der Waals surface area (Å²) >= 11 is 0. The molecule has 43 heavy (non-hydrogen) atoms. The van der Waals surface area contributed by atoms with Crippen LogP contribution in [0.5, 0.6) is 0 Å². The number of rotatable bonds is 6. The van der Waals surface area contributed by atoms with Crippen LogP contribution >= 0.6 is 17.2 Å². The molecule has 0 amide bonds. The third kappa shape index (κ3) is 5.07. The molecule has 4 saturated heterocycles. The van der Waals surface area contributed by atoms with Crippen LogP contribution in [0.1, 0.15) is 86.3 Å². The van der Waals surface area contributed by atoms with Crippen LogP contribution in [0, 0.1) is 0 Å². The molecule has 6 unspecified atom stereocenters. The highest BCUT2D eigenvalue weighted by Gasteiger charge is 2.75. The summed E-state index contributed by atoms with van der Waals surface area (Å²) in [5.41, 5.74) is 6.59. The molecular weight excluding hydrogens is 566 g/mol. The molecule has 4 aliphatic heterocycles. The van der Waals surface area contributed by atoms with Crippen LogP contribution in [0.25, 0.3) is 22.3 Å². The zero-order valence-corrected chi connectivity index (χ0v) is 29.6. The second kappa shape index (κ2) is 10.5. The second-order valence-electron chi connectivity index (χ2n) is 15.6. The van der Waals surface area contributed by atoms with Gasteiger partial charge in [-0.2, -0.15) is 0 Å². The van der Waals surface area contributed by atoms with Crippen LogP contribution in [-0.2, 0) is 25.8 Å². The largest absolute Gasteiger partial charge is 0.345 e. The van der Waals surface area contributed by atoms with Gasteiger partial charge < -0.3 is 14.2 Å². The predicted octanol–water partition coefficient (Wildman–Crippen LogP) is 10.1. The van der Waals surface area contributed by atoms with Gasteiger partial charge in [-0.15, -0.1) is 9.24 Å². The summed E-state index contributed by atoms with van der Waals surface area (Å²) in [6.07, 6.45) is 3.07. The Bertz CT molecular complexity index is 1450. The monoisotopic (exact) mass is 616 g/mol. The maximum atomic E-state index is 7.07. The standard InChI is InChI=1S/C38H50O3P2/c1-33(2,3)43(34(4,5)6)23-28-20-29(26-16-12-10-13-17-26)30(27-18-14-11-15-19-27)21-31(28)38(25-42)35(7)22-32-39-36(38,8)24-37(9,40-32)41-35/h10-21,32H,22-25,42H2,1-9H3. The van der Waals surface area contributed by atoms with Gasteiger partial charge in [-0.3, -0.25) is 0 Å². The third-order valence-corrected chi connectivity index (χ3v) is 14.9. The molecule has 7 rings (SSSR count). The van der Waals surface area contributed by atoms with Gasteiger partial charge in [-0.05, 0) is 88.9 Å². The number of ether oxygens (including phenoxy) is 3. The second-order valence-corrected chi connectivity index (χ2v) is 19.8. The van der Waals surface area contributed by atoms with E-state index in [0.717, 1.165) is 18.7 Å². The molecule has 230 valence electrons. The summed E-state index contributed by atoms with van der Waals surface area (Å²) in [5.74, 6) is -0.635. The van der Waals surface area contributed by atoms with Crippen molar-refractivity contribution < 1.29 is 14.2 Å². The van der Waals surface area contributed by atoms with E-state index < -0.39 is 24.9 Å². The highest BCUT2D eigenvalue weighted by atomic mass is 31.1. The van der Waals surface area contributed by atoms with Gasteiger partial charge in [0.1, 0.15) is 0 Å². The van der Waals surface area contributed by atoms with E-state index in [9.17, 15) is 0 Å². The predicted molar refractivity (Wildman–Crippen MR) is 185 cm³/mol. The summed E-state index contributed by atoms with van der Waals surface area (Å²) in [4.78, 5) is 0. The fourth-order valence-corrected chi connectivity index (χ4v) is 13.6. The lowest BCUT2D eigenvalue weighted by molar-refractivity contribution is -0.498. The van der Waals surface area contributed by atoms with E-state index in [1.54, 1.807) is 0 Å². The van der Waals surface area contributed by atoms with Gasteiger partial charge in [0.2, 0.25) is 0 Å². The lowest BCUT2D eigenvalue weighted by Gasteiger charge is -2.72. The van der Waals surface area contributed by atoms with Crippen LogP contribution < -0.4 is 0 Å². The first kappa shape index (κ1) is 31.4. The molecule has 3 nitrogen and oxygen atoms in total. The van der Waals surface area contributed by atoms with Crippen LogP contribution in [-0.4, -0.2) is 39.8 Å². The van der Waals surface area contributed by atoms with Gasteiger partial charge >= 0.3 is 0 Å². The Morgan fingerprint density at radius 3 is 1.77 bits per heavy atom. The third-order valence-electron chi connectivity index (χ3n) is 10.4. The van der Waals surface area contributed by atoms with Gasteiger partial charge in [0.25, 0.3) is 0 Å². The quantitative estimate of drug-likeness (QED) is 0.258. The highest BCUT2D eigenvalue weighted by Crippen LogP contribution is 2.68. The van der Waals surface area contributed by atoms with Crippen molar-refractivity contribution in [3.05, 3.63) is 83.9 Å². The number of benzene rings is 3. The molecule has 3 aromatic carbocycles. The van der Waals surface area contributed by atoms with Crippen molar-refractivity contribution in [3.63, 3.8) is 0 Å². The maximum absolute atomic E-state index is 7.07. The van der Waals surface area contributed by atoms with Crippen LogP contribution in [0.4, 0.5) is 0 Å². The van der Waals surface area contributed by atoms with Crippen molar-refractivity contribution in [2.45, 2.75) is 120 Å². The summed E-state index contributed by atoms with van der Waals surface area (Å²) in [6, 6.07) is 26.9. The number of hydrogen-bond acceptors (Lipinski definition) is 3. The van der Waals surface area contributed by atoms with E-state index in [1.807, 2.05) is 0 Å². The average Bonchev–Trinajstić information content (AvgIpc) is 2.90. The van der Waals surface area contributed by atoms with E-state index in [-0.39, 0.29) is 22.0 Å². The fraction of sp³-hybridized carbons (Fsp3) is 0.526. The minimum atomic E-state index is -0.635.